The molecule has 3 N–H and O–H groups in total. The average molecular weight is 216 g/mol. The average Bonchev–Trinajstić information content (AvgIpc) is 2.17. The number of rotatable bonds is 8. The van der Waals surface area contributed by atoms with Crippen LogP contribution in [0.15, 0.2) is 0 Å². The van der Waals surface area contributed by atoms with Crippen molar-refractivity contribution in [3.63, 3.8) is 0 Å². The van der Waals surface area contributed by atoms with E-state index in [9.17, 15) is 4.79 Å². The molecule has 1 unspecified atom stereocenters. The topological polar surface area (TPSA) is 64.4 Å². The van der Waals surface area contributed by atoms with Crippen molar-refractivity contribution in [2.75, 3.05) is 20.3 Å². The zero-order chi connectivity index (χ0) is 11.7. The van der Waals surface area contributed by atoms with Gasteiger partial charge in [0.05, 0.1) is 5.54 Å². The predicted octanol–water partition coefficient (Wildman–Crippen LogP) is 1.05. The summed E-state index contributed by atoms with van der Waals surface area (Å²) in [6, 6.07) is 0. The van der Waals surface area contributed by atoms with Gasteiger partial charge in [-0.3, -0.25) is 4.79 Å². The Morgan fingerprint density at radius 3 is 2.67 bits per heavy atom. The van der Waals surface area contributed by atoms with Gasteiger partial charge in [-0.05, 0) is 26.2 Å². The number of carbonyl (C=O) groups excluding carboxylic acids is 1. The van der Waals surface area contributed by atoms with Crippen LogP contribution in [0.2, 0.25) is 0 Å². The molecule has 0 aromatic heterocycles. The van der Waals surface area contributed by atoms with Gasteiger partial charge >= 0.3 is 0 Å². The normalized spacial score (nSPS) is 14.7. The molecule has 0 spiro atoms. The van der Waals surface area contributed by atoms with Gasteiger partial charge < -0.3 is 15.8 Å². The molecule has 0 aromatic rings. The number of unbranched alkanes of at least 4 members (excludes halogenated alkanes) is 1. The number of ether oxygens (including phenoxy) is 1. The van der Waals surface area contributed by atoms with Crippen molar-refractivity contribution < 1.29 is 9.53 Å². The second kappa shape index (κ2) is 7.65. The lowest BCUT2D eigenvalue weighted by atomic mass is 9.96. The molecule has 0 aliphatic rings. The van der Waals surface area contributed by atoms with E-state index in [1.165, 1.54) is 0 Å². The van der Waals surface area contributed by atoms with Gasteiger partial charge in [0.15, 0.2) is 0 Å². The highest BCUT2D eigenvalue weighted by molar-refractivity contribution is 5.85. The lowest BCUT2D eigenvalue weighted by Crippen LogP contribution is -2.51. The van der Waals surface area contributed by atoms with E-state index in [1.54, 1.807) is 14.0 Å². The third kappa shape index (κ3) is 6.47. The molecule has 0 aromatic carbocycles. The van der Waals surface area contributed by atoms with Gasteiger partial charge in [0, 0.05) is 20.3 Å². The molecule has 0 radical (unpaired) electrons. The van der Waals surface area contributed by atoms with Crippen molar-refractivity contribution in [3.05, 3.63) is 0 Å². The molecule has 90 valence electrons. The fourth-order valence-corrected chi connectivity index (χ4v) is 1.41. The molecule has 0 rings (SSSR count). The summed E-state index contributed by atoms with van der Waals surface area (Å²) in [6.07, 6.45) is 3.54. The first kappa shape index (κ1) is 14.4. The molecular weight excluding hydrogens is 192 g/mol. The van der Waals surface area contributed by atoms with Crippen LogP contribution in [0.1, 0.15) is 39.5 Å². The van der Waals surface area contributed by atoms with Crippen LogP contribution in [-0.4, -0.2) is 31.7 Å². The summed E-state index contributed by atoms with van der Waals surface area (Å²) >= 11 is 0. The zero-order valence-corrected chi connectivity index (χ0v) is 10.1. The summed E-state index contributed by atoms with van der Waals surface area (Å²) < 4.78 is 4.92. The zero-order valence-electron chi connectivity index (χ0n) is 10.1. The van der Waals surface area contributed by atoms with E-state index in [2.05, 4.69) is 5.32 Å². The smallest absolute Gasteiger partial charge is 0.239 e. The van der Waals surface area contributed by atoms with E-state index < -0.39 is 5.54 Å². The molecular formula is C11H24N2O2. The molecule has 0 saturated heterocycles. The number of amides is 1. The van der Waals surface area contributed by atoms with Crippen molar-refractivity contribution in [2.24, 2.45) is 5.73 Å². The minimum absolute atomic E-state index is 0.0539. The van der Waals surface area contributed by atoms with E-state index in [0.717, 1.165) is 32.3 Å². The molecule has 4 heteroatoms. The Bertz CT molecular complexity index is 181. The first-order valence-electron chi connectivity index (χ1n) is 5.60. The van der Waals surface area contributed by atoms with Crippen molar-refractivity contribution in [1.82, 2.24) is 5.32 Å². The third-order valence-corrected chi connectivity index (χ3v) is 2.35. The fourth-order valence-electron chi connectivity index (χ4n) is 1.41. The van der Waals surface area contributed by atoms with Gasteiger partial charge in [0.1, 0.15) is 0 Å². The first-order valence-corrected chi connectivity index (χ1v) is 5.60. The maximum atomic E-state index is 11.6. The molecule has 0 aliphatic carbocycles. The molecule has 0 aliphatic heterocycles. The van der Waals surface area contributed by atoms with E-state index >= 15 is 0 Å². The van der Waals surface area contributed by atoms with Crippen molar-refractivity contribution in [3.8, 4) is 0 Å². The van der Waals surface area contributed by atoms with Gasteiger partial charge in [0.25, 0.3) is 0 Å². The second-order valence-corrected chi connectivity index (χ2v) is 4.12. The van der Waals surface area contributed by atoms with Gasteiger partial charge in [-0.2, -0.15) is 0 Å². The molecule has 0 bridgehead atoms. The summed E-state index contributed by atoms with van der Waals surface area (Å²) in [7, 11) is 1.68. The molecule has 15 heavy (non-hydrogen) atoms. The minimum Gasteiger partial charge on any atom is -0.385 e. The third-order valence-electron chi connectivity index (χ3n) is 2.35. The van der Waals surface area contributed by atoms with Crippen LogP contribution in [0, 0.1) is 0 Å². The molecule has 1 amide bonds. The lowest BCUT2D eigenvalue weighted by Gasteiger charge is -2.22. The summed E-state index contributed by atoms with van der Waals surface area (Å²) in [5, 5.41) is 2.85. The summed E-state index contributed by atoms with van der Waals surface area (Å²) in [6.45, 7) is 5.22. The minimum atomic E-state index is -0.726. The Morgan fingerprint density at radius 1 is 1.47 bits per heavy atom. The Kier molecular flexibility index (Phi) is 7.34. The number of nitrogens with two attached hydrogens (primary N) is 1. The van der Waals surface area contributed by atoms with Crippen molar-refractivity contribution in [2.45, 2.75) is 45.1 Å². The lowest BCUT2D eigenvalue weighted by molar-refractivity contribution is -0.126. The summed E-state index contributed by atoms with van der Waals surface area (Å²) in [5.41, 5.74) is 5.15. The molecule has 0 fully saturated rings. The highest BCUT2D eigenvalue weighted by Gasteiger charge is 2.26. The quantitative estimate of drug-likeness (QED) is 0.596. The van der Waals surface area contributed by atoms with Gasteiger partial charge in [0.2, 0.25) is 5.91 Å². The Hall–Kier alpha value is -0.610. The van der Waals surface area contributed by atoms with Gasteiger partial charge in [-0.25, -0.2) is 0 Å². The number of hydrogen-bond acceptors (Lipinski definition) is 3. The monoisotopic (exact) mass is 216 g/mol. The second-order valence-electron chi connectivity index (χ2n) is 4.12. The van der Waals surface area contributed by atoms with Crippen LogP contribution in [0.5, 0.6) is 0 Å². The van der Waals surface area contributed by atoms with Crippen LogP contribution in [-0.2, 0) is 9.53 Å². The fraction of sp³-hybridized carbons (Fsp3) is 0.909. The van der Waals surface area contributed by atoms with Crippen molar-refractivity contribution in [1.29, 1.82) is 0 Å². The van der Waals surface area contributed by atoms with Gasteiger partial charge in [-0.15, -0.1) is 0 Å². The predicted molar refractivity (Wildman–Crippen MR) is 61.6 cm³/mol. The summed E-state index contributed by atoms with van der Waals surface area (Å²) in [5.74, 6) is -0.0539. The van der Waals surface area contributed by atoms with E-state index in [-0.39, 0.29) is 5.91 Å². The largest absolute Gasteiger partial charge is 0.385 e. The number of hydrogen-bond donors (Lipinski definition) is 2. The van der Waals surface area contributed by atoms with E-state index in [0.29, 0.717) is 6.54 Å². The molecule has 4 nitrogen and oxygen atoms in total. The Labute approximate surface area is 92.6 Å². The van der Waals surface area contributed by atoms with E-state index in [4.69, 9.17) is 10.5 Å². The first-order chi connectivity index (χ1) is 7.04. The molecule has 0 saturated carbocycles. The van der Waals surface area contributed by atoms with Crippen LogP contribution in [0.3, 0.4) is 0 Å². The van der Waals surface area contributed by atoms with Crippen LogP contribution in [0.25, 0.3) is 0 Å². The number of methoxy groups -OCH3 is 1. The van der Waals surface area contributed by atoms with E-state index in [1.807, 2.05) is 6.92 Å². The van der Waals surface area contributed by atoms with Gasteiger partial charge in [-0.1, -0.05) is 13.3 Å². The SMILES string of the molecule is CCCC(C)(N)C(=O)NCCCCOC. The molecule has 1 atom stereocenters. The van der Waals surface area contributed by atoms with Crippen LogP contribution in [0.4, 0.5) is 0 Å². The maximum absolute atomic E-state index is 11.6. The highest BCUT2D eigenvalue weighted by Crippen LogP contribution is 2.08. The number of nitrogens with one attached hydrogen (secondary N) is 1. The standard InChI is InChI=1S/C11H24N2O2/c1-4-7-11(2,12)10(14)13-8-5-6-9-15-3/h4-9,12H2,1-3H3,(H,13,14). The van der Waals surface area contributed by atoms with Crippen molar-refractivity contribution >= 4 is 5.91 Å². The maximum Gasteiger partial charge on any atom is 0.239 e. The highest BCUT2D eigenvalue weighted by atomic mass is 16.5. The number of carbonyl (C=O) groups is 1. The van der Waals surface area contributed by atoms with Crippen LogP contribution < -0.4 is 11.1 Å². The van der Waals surface area contributed by atoms with Crippen LogP contribution >= 0.6 is 0 Å². The Balaban J connectivity index is 3.64. The summed E-state index contributed by atoms with van der Waals surface area (Å²) in [4.78, 5) is 11.6. The Morgan fingerprint density at radius 2 is 2.13 bits per heavy atom. The molecule has 0 heterocycles.